The molecule has 0 aliphatic rings. The lowest BCUT2D eigenvalue weighted by Crippen LogP contribution is -1.93. The predicted molar refractivity (Wildman–Crippen MR) is 79.0 cm³/mol. The van der Waals surface area contributed by atoms with E-state index in [-0.39, 0.29) is 4.83 Å². The number of hydrogen-bond donors (Lipinski definition) is 0. The van der Waals surface area contributed by atoms with Crippen molar-refractivity contribution in [2.45, 2.75) is 4.83 Å². The first-order valence-electron chi connectivity index (χ1n) is 4.41. The third-order valence-electron chi connectivity index (χ3n) is 2.15. The molecule has 1 atom stereocenters. The van der Waals surface area contributed by atoms with Crippen LogP contribution in [-0.4, -0.2) is 0 Å². The summed E-state index contributed by atoms with van der Waals surface area (Å²) in [6.45, 7) is 0. The molecule has 0 amide bonds. The maximum atomic E-state index is 5.24. The largest absolute Gasteiger partial charge is 0.457 e. The molecule has 1 aromatic heterocycles. The van der Waals surface area contributed by atoms with E-state index < -0.39 is 0 Å². The Bertz CT molecular complexity index is 506. The second-order valence-corrected chi connectivity index (χ2v) is 6.58. The Morgan fingerprint density at radius 3 is 2.38 bits per heavy atom. The van der Waals surface area contributed by atoms with E-state index in [1.54, 1.807) is 6.26 Å². The van der Waals surface area contributed by atoms with Crippen molar-refractivity contribution < 1.29 is 4.42 Å². The first-order chi connectivity index (χ1) is 7.59. The molecule has 0 fully saturated rings. The van der Waals surface area contributed by atoms with Crippen molar-refractivity contribution in [3.63, 3.8) is 0 Å². The third-order valence-corrected chi connectivity index (χ3v) is 5.00. The fourth-order valence-electron chi connectivity index (χ4n) is 1.36. The van der Waals surface area contributed by atoms with Crippen LogP contribution in [0.25, 0.3) is 0 Å². The highest BCUT2D eigenvalue weighted by Gasteiger charge is 2.18. The zero-order chi connectivity index (χ0) is 11.7. The minimum atomic E-state index is 0.0903. The molecule has 2 rings (SSSR count). The lowest BCUT2D eigenvalue weighted by atomic mass is 10.1. The average Bonchev–Trinajstić information content (AvgIpc) is 2.67. The van der Waals surface area contributed by atoms with Crippen LogP contribution in [0.3, 0.4) is 0 Å². The topological polar surface area (TPSA) is 13.1 Å². The quantitative estimate of drug-likeness (QED) is 0.484. The van der Waals surface area contributed by atoms with Gasteiger partial charge in [-0.15, -0.1) is 0 Å². The summed E-state index contributed by atoms with van der Waals surface area (Å²) in [7, 11) is 0. The number of benzene rings is 1. The van der Waals surface area contributed by atoms with E-state index in [0.29, 0.717) is 0 Å². The van der Waals surface area contributed by atoms with Gasteiger partial charge in [0.2, 0.25) is 0 Å². The number of furan rings is 1. The maximum Gasteiger partial charge on any atom is 0.173 e. The van der Waals surface area contributed by atoms with Crippen LogP contribution in [0.2, 0.25) is 0 Å². The van der Waals surface area contributed by atoms with Gasteiger partial charge in [-0.25, -0.2) is 0 Å². The third kappa shape index (κ3) is 2.63. The normalized spacial score (nSPS) is 12.8. The van der Waals surface area contributed by atoms with E-state index >= 15 is 0 Å². The van der Waals surface area contributed by atoms with Gasteiger partial charge in [0.1, 0.15) is 0 Å². The molecule has 0 saturated carbocycles. The molecule has 2 aromatic rings. The Kier molecular flexibility index (Phi) is 4.32. The number of alkyl halides is 1. The van der Waals surface area contributed by atoms with Gasteiger partial charge in [-0.1, -0.05) is 47.8 Å². The number of halogens is 4. The Balaban J connectivity index is 2.45. The van der Waals surface area contributed by atoms with E-state index in [9.17, 15) is 0 Å². The van der Waals surface area contributed by atoms with Gasteiger partial charge in [0.25, 0.3) is 0 Å². The van der Waals surface area contributed by atoms with Crippen LogP contribution in [0.5, 0.6) is 0 Å². The van der Waals surface area contributed by atoms with Crippen molar-refractivity contribution in [2.24, 2.45) is 0 Å². The van der Waals surface area contributed by atoms with E-state index in [4.69, 9.17) is 4.42 Å². The molecular formula is C11H6Br4O. The molecule has 16 heavy (non-hydrogen) atoms. The molecule has 1 aromatic carbocycles. The van der Waals surface area contributed by atoms with Gasteiger partial charge in [0.05, 0.1) is 11.1 Å². The van der Waals surface area contributed by atoms with Crippen LogP contribution >= 0.6 is 63.7 Å². The summed E-state index contributed by atoms with van der Waals surface area (Å²) in [5.41, 5.74) is 2.22. The Morgan fingerprint density at radius 1 is 1.00 bits per heavy atom. The van der Waals surface area contributed by atoms with Crippen LogP contribution in [0, 0.1) is 0 Å². The Hall–Kier alpha value is 0.420. The van der Waals surface area contributed by atoms with E-state index in [0.717, 1.165) is 24.7 Å². The standard InChI is InChI=1S/C11H6Br4O/c12-6-1-2-9(13)8(5-6)10(14)7-3-4-16-11(7)15/h1-5,10H. The monoisotopic (exact) mass is 470 g/mol. The molecule has 0 spiro atoms. The van der Waals surface area contributed by atoms with Crippen LogP contribution in [0.1, 0.15) is 16.0 Å². The fraction of sp³-hybridized carbons (Fsp3) is 0.0909. The van der Waals surface area contributed by atoms with Crippen molar-refractivity contribution in [2.75, 3.05) is 0 Å². The van der Waals surface area contributed by atoms with Gasteiger partial charge in [0, 0.05) is 14.5 Å². The molecule has 0 N–H and O–H groups in total. The smallest absolute Gasteiger partial charge is 0.173 e. The van der Waals surface area contributed by atoms with Gasteiger partial charge in [0.15, 0.2) is 4.67 Å². The van der Waals surface area contributed by atoms with Crippen molar-refractivity contribution in [3.8, 4) is 0 Å². The van der Waals surface area contributed by atoms with E-state index in [2.05, 4.69) is 69.8 Å². The van der Waals surface area contributed by atoms with Gasteiger partial charge in [-0.3, -0.25) is 0 Å². The predicted octanol–water partition coefficient (Wildman–Crippen LogP) is 6.05. The first-order valence-corrected chi connectivity index (χ1v) is 7.71. The molecule has 0 radical (unpaired) electrons. The average molecular weight is 474 g/mol. The van der Waals surface area contributed by atoms with Crippen LogP contribution in [-0.2, 0) is 0 Å². The molecule has 0 saturated heterocycles. The van der Waals surface area contributed by atoms with Crippen LogP contribution < -0.4 is 0 Å². The lowest BCUT2D eigenvalue weighted by Gasteiger charge is -2.11. The molecular weight excluding hydrogens is 468 g/mol. The molecule has 1 unspecified atom stereocenters. The molecule has 1 heterocycles. The van der Waals surface area contributed by atoms with Crippen molar-refractivity contribution >= 4 is 63.7 Å². The highest BCUT2D eigenvalue weighted by Crippen LogP contribution is 2.40. The van der Waals surface area contributed by atoms with Crippen molar-refractivity contribution in [3.05, 3.63) is 55.3 Å². The molecule has 0 aliphatic heterocycles. The summed E-state index contributed by atoms with van der Waals surface area (Å²) in [5, 5.41) is 0. The minimum absolute atomic E-state index is 0.0903. The lowest BCUT2D eigenvalue weighted by molar-refractivity contribution is 0.537. The molecule has 1 nitrogen and oxygen atoms in total. The van der Waals surface area contributed by atoms with Gasteiger partial charge in [-0.2, -0.15) is 0 Å². The van der Waals surface area contributed by atoms with E-state index in [1.165, 1.54) is 0 Å². The van der Waals surface area contributed by atoms with Crippen LogP contribution in [0.15, 0.2) is 48.6 Å². The van der Waals surface area contributed by atoms with Crippen molar-refractivity contribution in [1.29, 1.82) is 0 Å². The summed E-state index contributed by atoms with van der Waals surface area (Å²) in [6.07, 6.45) is 1.67. The van der Waals surface area contributed by atoms with Crippen molar-refractivity contribution in [1.82, 2.24) is 0 Å². The van der Waals surface area contributed by atoms with Gasteiger partial charge >= 0.3 is 0 Å². The minimum Gasteiger partial charge on any atom is -0.457 e. The summed E-state index contributed by atoms with van der Waals surface area (Å²) in [6, 6.07) is 8.03. The highest BCUT2D eigenvalue weighted by atomic mass is 79.9. The van der Waals surface area contributed by atoms with E-state index in [1.807, 2.05) is 18.2 Å². The number of rotatable bonds is 2. The first kappa shape index (κ1) is 12.9. The number of hydrogen-bond acceptors (Lipinski definition) is 1. The summed E-state index contributed by atoms with van der Waals surface area (Å²) < 4.78 is 8.10. The zero-order valence-corrected chi connectivity index (χ0v) is 14.2. The molecule has 84 valence electrons. The molecule has 5 heteroatoms. The SMILES string of the molecule is Brc1ccc(Br)c(C(Br)c2ccoc2Br)c1. The Labute approximate surface area is 127 Å². The summed E-state index contributed by atoms with van der Waals surface area (Å²) in [5.74, 6) is 0. The summed E-state index contributed by atoms with van der Waals surface area (Å²) in [4.78, 5) is 0.0903. The van der Waals surface area contributed by atoms with Crippen LogP contribution in [0.4, 0.5) is 0 Å². The maximum absolute atomic E-state index is 5.24. The highest BCUT2D eigenvalue weighted by molar-refractivity contribution is 9.11. The molecule has 0 bridgehead atoms. The fourth-order valence-corrected chi connectivity index (χ4v) is 4.04. The second kappa shape index (κ2) is 5.38. The zero-order valence-electron chi connectivity index (χ0n) is 7.88. The molecule has 0 aliphatic carbocycles. The second-order valence-electron chi connectivity index (χ2n) is 3.18. The van der Waals surface area contributed by atoms with Gasteiger partial charge < -0.3 is 4.42 Å². The Morgan fingerprint density at radius 2 is 1.75 bits per heavy atom. The van der Waals surface area contributed by atoms with Gasteiger partial charge in [-0.05, 0) is 45.8 Å². The summed E-state index contributed by atoms with van der Waals surface area (Å²) >= 11 is 14.1.